The van der Waals surface area contributed by atoms with Gasteiger partial charge in [-0.15, -0.1) is 0 Å². The first-order chi connectivity index (χ1) is 8.20. The first kappa shape index (κ1) is 11.8. The molecule has 90 valence electrons. The van der Waals surface area contributed by atoms with Gasteiger partial charge in [0.05, 0.1) is 12.2 Å². The Labute approximate surface area is 99.7 Å². The van der Waals surface area contributed by atoms with Crippen LogP contribution in [0.5, 0.6) is 0 Å². The molecule has 1 unspecified atom stereocenters. The fraction of sp³-hybridized carbons (Fsp3) is 0.308. The first-order valence-corrected chi connectivity index (χ1v) is 5.65. The lowest BCUT2D eigenvalue weighted by Crippen LogP contribution is -2.17. The third-order valence-electron chi connectivity index (χ3n) is 2.51. The highest BCUT2D eigenvalue weighted by Gasteiger charge is 2.12. The Balaban J connectivity index is 2.23. The molecule has 0 amide bonds. The van der Waals surface area contributed by atoms with E-state index < -0.39 is 0 Å². The molecule has 0 radical (unpaired) electrons. The average Bonchev–Trinajstić information content (AvgIpc) is 2.78. The smallest absolute Gasteiger partial charge is 0.211 e. The lowest BCUT2D eigenvalue weighted by molar-refractivity contribution is 0.429. The molecule has 3 nitrogen and oxygen atoms in total. The number of hydrogen-bond acceptors (Lipinski definition) is 3. The molecule has 0 fully saturated rings. The average molecular weight is 234 g/mol. The van der Waals surface area contributed by atoms with Crippen molar-refractivity contribution in [3.8, 4) is 11.3 Å². The predicted octanol–water partition coefficient (Wildman–Crippen LogP) is 3.15. The molecule has 2 rings (SSSR count). The van der Waals surface area contributed by atoms with Gasteiger partial charge in [0.25, 0.3) is 0 Å². The van der Waals surface area contributed by atoms with E-state index in [0.717, 1.165) is 6.54 Å². The molecule has 2 aromatic rings. The quantitative estimate of drug-likeness (QED) is 0.883. The van der Waals surface area contributed by atoms with Gasteiger partial charge in [-0.1, -0.05) is 19.1 Å². The second kappa shape index (κ2) is 5.10. The number of benzene rings is 1. The van der Waals surface area contributed by atoms with Crippen LogP contribution >= 0.6 is 0 Å². The molecular formula is C13H15FN2O. The summed E-state index contributed by atoms with van der Waals surface area (Å²) in [6.45, 7) is 4.84. The minimum Gasteiger partial charge on any atom is -0.439 e. The monoisotopic (exact) mass is 234 g/mol. The summed E-state index contributed by atoms with van der Waals surface area (Å²) in [5, 5.41) is 3.21. The van der Waals surface area contributed by atoms with Crippen molar-refractivity contribution < 1.29 is 8.81 Å². The van der Waals surface area contributed by atoms with E-state index in [1.165, 1.54) is 12.1 Å². The maximum Gasteiger partial charge on any atom is 0.211 e. The van der Waals surface area contributed by atoms with E-state index in [1.807, 2.05) is 13.8 Å². The number of hydrogen-bond donors (Lipinski definition) is 1. The van der Waals surface area contributed by atoms with Crippen LogP contribution in [-0.4, -0.2) is 11.5 Å². The summed E-state index contributed by atoms with van der Waals surface area (Å²) in [6.07, 6.45) is 1.62. The van der Waals surface area contributed by atoms with E-state index in [0.29, 0.717) is 17.2 Å². The van der Waals surface area contributed by atoms with Gasteiger partial charge in [-0.2, -0.15) is 0 Å². The van der Waals surface area contributed by atoms with Crippen LogP contribution in [0.2, 0.25) is 0 Å². The maximum atomic E-state index is 13.1. The number of rotatable bonds is 4. The largest absolute Gasteiger partial charge is 0.439 e. The second-order valence-electron chi connectivity index (χ2n) is 3.85. The Morgan fingerprint density at radius 1 is 1.47 bits per heavy atom. The zero-order valence-electron chi connectivity index (χ0n) is 9.90. The van der Waals surface area contributed by atoms with Crippen molar-refractivity contribution in [2.24, 2.45) is 0 Å². The molecule has 4 heteroatoms. The van der Waals surface area contributed by atoms with Gasteiger partial charge in [0.1, 0.15) is 5.82 Å². The Hall–Kier alpha value is -1.68. The van der Waals surface area contributed by atoms with Crippen molar-refractivity contribution in [3.63, 3.8) is 0 Å². The Bertz CT molecular complexity index is 496. The lowest BCUT2D eigenvalue weighted by atomic mass is 10.2. The molecule has 1 heterocycles. The Morgan fingerprint density at radius 2 is 2.29 bits per heavy atom. The van der Waals surface area contributed by atoms with E-state index in [-0.39, 0.29) is 11.9 Å². The number of aromatic nitrogens is 1. The number of nitrogens with one attached hydrogen (secondary N) is 1. The van der Waals surface area contributed by atoms with Crippen LogP contribution in [0.25, 0.3) is 11.3 Å². The molecule has 0 saturated carbocycles. The molecule has 17 heavy (non-hydrogen) atoms. The number of oxazole rings is 1. The van der Waals surface area contributed by atoms with Crippen molar-refractivity contribution in [1.82, 2.24) is 10.3 Å². The van der Waals surface area contributed by atoms with Crippen molar-refractivity contribution in [1.29, 1.82) is 0 Å². The van der Waals surface area contributed by atoms with Crippen LogP contribution in [-0.2, 0) is 0 Å². The van der Waals surface area contributed by atoms with Gasteiger partial charge < -0.3 is 9.73 Å². The Morgan fingerprint density at radius 3 is 3.00 bits per heavy atom. The van der Waals surface area contributed by atoms with E-state index in [9.17, 15) is 4.39 Å². The van der Waals surface area contributed by atoms with Crippen LogP contribution in [0.15, 0.2) is 34.9 Å². The molecule has 0 aliphatic carbocycles. The van der Waals surface area contributed by atoms with Crippen LogP contribution in [0, 0.1) is 5.82 Å². The second-order valence-corrected chi connectivity index (χ2v) is 3.85. The first-order valence-electron chi connectivity index (χ1n) is 5.65. The molecular weight excluding hydrogens is 219 g/mol. The number of nitrogens with zero attached hydrogens (tertiary/aromatic N) is 1. The summed E-state index contributed by atoms with van der Waals surface area (Å²) in [5.41, 5.74) is 0.701. The lowest BCUT2D eigenvalue weighted by Gasteiger charge is -2.06. The third-order valence-corrected chi connectivity index (χ3v) is 2.51. The van der Waals surface area contributed by atoms with Crippen molar-refractivity contribution in [2.75, 3.05) is 6.54 Å². The van der Waals surface area contributed by atoms with E-state index in [2.05, 4.69) is 10.3 Å². The van der Waals surface area contributed by atoms with Gasteiger partial charge >= 0.3 is 0 Å². The molecule has 1 N–H and O–H groups in total. The van der Waals surface area contributed by atoms with Gasteiger partial charge in [0, 0.05) is 5.56 Å². The fourth-order valence-corrected chi connectivity index (χ4v) is 1.66. The van der Waals surface area contributed by atoms with E-state index >= 15 is 0 Å². The highest BCUT2D eigenvalue weighted by atomic mass is 19.1. The third kappa shape index (κ3) is 2.71. The summed E-state index contributed by atoms with van der Waals surface area (Å²) in [6, 6.07) is 6.35. The van der Waals surface area contributed by atoms with Crippen LogP contribution in [0.4, 0.5) is 4.39 Å². The predicted molar refractivity (Wildman–Crippen MR) is 64.0 cm³/mol. The number of halogens is 1. The standard InChI is InChI=1S/C13H15FN2O/c1-3-15-9(2)13-16-8-12(17-13)10-5-4-6-11(14)7-10/h4-9,15H,3H2,1-2H3. The summed E-state index contributed by atoms with van der Waals surface area (Å²) in [5.74, 6) is 0.926. The van der Waals surface area contributed by atoms with Gasteiger partial charge in [-0.05, 0) is 25.6 Å². The van der Waals surface area contributed by atoms with Crippen molar-refractivity contribution in [2.45, 2.75) is 19.9 Å². The van der Waals surface area contributed by atoms with Crippen molar-refractivity contribution >= 4 is 0 Å². The molecule has 0 saturated heterocycles. The van der Waals surface area contributed by atoms with E-state index in [1.54, 1.807) is 18.3 Å². The van der Waals surface area contributed by atoms with Crippen LogP contribution < -0.4 is 5.32 Å². The zero-order chi connectivity index (χ0) is 12.3. The van der Waals surface area contributed by atoms with Gasteiger partial charge in [0.15, 0.2) is 5.76 Å². The SMILES string of the molecule is CCNC(C)c1ncc(-c2cccc(F)c2)o1. The van der Waals surface area contributed by atoms with Crippen LogP contribution in [0.1, 0.15) is 25.8 Å². The van der Waals surface area contributed by atoms with Gasteiger partial charge in [0.2, 0.25) is 5.89 Å². The van der Waals surface area contributed by atoms with Crippen LogP contribution in [0.3, 0.4) is 0 Å². The zero-order valence-corrected chi connectivity index (χ0v) is 9.90. The molecule has 0 bridgehead atoms. The van der Waals surface area contributed by atoms with E-state index in [4.69, 9.17) is 4.42 Å². The topological polar surface area (TPSA) is 38.1 Å². The molecule has 0 aliphatic heterocycles. The summed E-state index contributed by atoms with van der Waals surface area (Å²) >= 11 is 0. The van der Waals surface area contributed by atoms with Gasteiger partial charge in [-0.3, -0.25) is 0 Å². The highest BCUT2D eigenvalue weighted by molar-refractivity contribution is 5.56. The molecule has 1 aromatic heterocycles. The minimum absolute atomic E-state index is 0.0577. The maximum absolute atomic E-state index is 13.1. The highest BCUT2D eigenvalue weighted by Crippen LogP contribution is 2.23. The van der Waals surface area contributed by atoms with Crippen molar-refractivity contribution in [3.05, 3.63) is 42.2 Å². The minimum atomic E-state index is -0.278. The molecule has 1 aromatic carbocycles. The summed E-state index contributed by atoms with van der Waals surface area (Å²) < 4.78 is 18.7. The molecule has 1 atom stereocenters. The summed E-state index contributed by atoms with van der Waals surface area (Å²) in [7, 11) is 0. The molecule has 0 aliphatic rings. The molecule has 0 spiro atoms. The van der Waals surface area contributed by atoms with Gasteiger partial charge in [-0.25, -0.2) is 9.37 Å². The fourth-order valence-electron chi connectivity index (χ4n) is 1.66. The normalized spacial score (nSPS) is 12.6. The summed E-state index contributed by atoms with van der Waals surface area (Å²) in [4.78, 5) is 4.19. The Kier molecular flexibility index (Phi) is 3.54.